The average molecular weight is 366 g/mol. The summed E-state index contributed by atoms with van der Waals surface area (Å²) in [6.07, 6.45) is 1.24. The van der Waals surface area contributed by atoms with Crippen LogP contribution in [0.1, 0.15) is 11.1 Å². The van der Waals surface area contributed by atoms with Crippen molar-refractivity contribution in [2.24, 2.45) is 0 Å². The van der Waals surface area contributed by atoms with Gasteiger partial charge in [-0.3, -0.25) is 14.5 Å². The van der Waals surface area contributed by atoms with Crippen molar-refractivity contribution in [2.75, 3.05) is 0 Å². The SMILES string of the molecule is O=C1S/C(=C\c2c(F)cccc2Cl)C(=O)N1Cc1ccccc1F. The van der Waals surface area contributed by atoms with Gasteiger partial charge in [0, 0.05) is 11.1 Å². The number of nitrogens with zero attached hydrogens (tertiary/aromatic N) is 1. The molecule has 1 saturated heterocycles. The molecule has 2 aromatic carbocycles. The number of halogens is 3. The summed E-state index contributed by atoms with van der Waals surface area (Å²) in [4.78, 5) is 25.4. The zero-order valence-electron chi connectivity index (χ0n) is 12.1. The number of amides is 2. The van der Waals surface area contributed by atoms with Gasteiger partial charge in [0.25, 0.3) is 11.1 Å². The minimum Gasteiger partial charge on any atom is -0.268 e. The van der Waals surface area contributed by atoms with Crippen LogP contribution < -0.4 is 0 Å². The van der Waals surface area contributed by atoms with Crippen LogP contribution in [-0.4, -0.2) is 16.0 Å². The van der Waals surface area contributed by atoms with Crippen molar-refractivity contribution in [1.82, 2.24) is 4.90 Å². The molecule has 0 spiro atoms. The third-order valence-electron chi connectivity index (χ3n) is 3.44. The van der Waals surface area contributed by atoms with Gasteiger partial charge < -0.3 is 0 Å². The van der Waals surface area contributed by atoms with Crippen molar-refractivity contribution in [3.63, 3.8) is 0 Å². The highest BCUT2D eigenvalue weighted by molar-refractivity contribution is 8.18. The Morgan fingerprint density at radius 3 is 2.46 bits per heavy atom. The molecule has 0 bridgehead atoms. The van der Waals surface area contributed by atoms with E-state index in [4.69, 9.17) is 11.6 Å². The first-order valence-corrected chi connectivity index (χ1v) is 8.09. The summed E-state index contributed by atoms with van der Waals surface area (Å²) in [5, 5.41) is -0.405. The minimum atomic E-state index is -0.604. The van der Waals surface area contributed by atoms with E-state index in [0.29, 0.717) is 11.8 Å². The molecule has 0 radical (unpaired) electrons. The fourth-order valence-corrected chi connectivity index (χ4v) is 3.25. The Balaban J connectivity index is 1.89. The molecule has 0 aromatic heterocycles. The third-order valence-corrected chi connectivity index (χ3v) is 4.67. The number of imide groups is 1. The lowest BCUT2D eigenvalue weighted by Gasteiger charge is -2.12. The van der Waals surface area contributed by atoms with Gasteiger partial charge in [0.1, 0.15) is 11.6 Å². The summed E-state index contributed by atoms with van der Waals surface area (Å²) in [5.74, 6) is -1.70. The van der Waals surface area contributed by atoms with Crippen LogP contribution in [0, 0.1) is 11.6 Å². The van der Waals surface area contributed by atoms with Crippen LogP contribution in [0.15, 0.2) is 47.4 Å². The van der Waals surface area contributed by atoms with Gasteiger partial charge >= 0.3 is 0 Å². The molecular formula is C17H10ClF2NO2S. The fourth-order valence-electron chi connectivity index (χ4n) is 2.21. The molecule has 3 rings (SSSR count). The highest BCUT2D eigenvalue weighted by atomic mass is 35.5. The monoisotopic (exact) mass is 365 g/mol. The van der Waals surface area contributed by atoms with E-state index in [1.54, 1.807) is 6.07 Å². The van der Waals surface area contributed by atoms with Crippen molar-refractivity contribution in [3.05, 3.63) is 75.2 Å². The largest absolute Gasteiger partial charge is 0.293 e. The number of carbonyl (C=O) groups excluding carboxylic acids is 2. The first kappa shape index (κ1) is 16.7. The van der Waals surface area contributed by atoms with Crippen molar-refractivity contribution >= 4 is 40.6 Å². The summed E-state index contributed by atoms with van der Waals surface area (Å²) < 4.78 is 27.5. The third kappa shape index (κ3) is 3.20. The average Bonchev–Trinajstić information content (AvgIpc) is 2.80. The van der Waals surface area contributed by atoms with E-state index in [1.807, 2.05) is 0 Å². The van der Waals surface area contributed by atoms with Crippen LogP contribution in [0.3, 0.4) is 0 Å². The normalized spacial score (nSPS) is 16.3. The predicted octanol–water partition coefficient (Wildman–Crippen LogP) is 4.85. The lowest BCUT2D eigenvalue weighted by molar-refractivity contribution is -0.123. The van der Waals surface area contributed by atoms with Gasteiger partial charge in [-0.25, -0.2) is 8.78 Å². The molecule has 2 amide bonds. The fraction of sp³-hybridized carbons (Fsp3) is 0.0588. The summed E-state index contributed by atoms with van der Waals surface area (Å²) >= 11 is 6.60. The maximum atomic E-state index is 13.8. The van der Waals surface area contributed by atoms with Gasteiger partial charge in [0.05, 0.1) is 16.5 Å². The Bertz CT molecular complexity index is 849. The van der Waals surface area contributed by atoms with Gasteiger partial charge in [-0.1, -0.05) is 35.9 Å². The van der Waals surface area contributed by atoms with E-state index >= 15 is 0 Å². The summed E-state index contributed by atoms with van der Waals surface area (Å²) in [5.41, 5.74) is 0.264. The van der Waals surface area contributed by atoms with Crippen LogP contribution in [0.2, 0.25) is 5.02 Å². The molecule has 3 nitrogen and oxygen atoms in total. The number of hydrogen-bond acceptors (Lipinski definition) is 3. The number of rotatable bonds is 3. The Labute approximate surface area is 145 Å². The molecule has 1 aliphatic heterocycles. The molecule has 1 fully saturated rings. The molecule has 0 aliphatic carbocycles. The second-order valence-electron chi connectivity index (χ2n) is 4.99. The molecule has 122 valence electrons. The molecule has 7 heteroatoms. The molecule has 0 N–H and O–H groups in total. The molecule has 2 aromatic rings. The van der Waals surface area contributed by atoms with Crippen LogP contribution in [0.5, 0.6) is 0 Å². The zero-order valence-corrected chi connectivity index (χ0v) is 13.7. The van der Waals surface area contributed by atoms with Crippen molar-refractivity contribution in [3.8, 4) is 0 Å². The number of hydrogen-bond donors (Lipinski definition) is 0. The standard InChI is InChI=1S/C17H10ClF2NO2S/c18-12-5-3-7-14(20)11(12)8-15-16(22)21(17(23)24-15)9-10-4-1-2-6-13(10)19/h1-8H,9H2/b15-8-. The minimum absolute atomic E-state index is 0.0376. The maximum absolute atomic E-state index is 13.8. The van der Waals surface area contributed by atoms with Crippen LogP contribution in [0.4, 0.5) is 13.6 Å². The Morgan fingerprint density at radius 1 is 1.04 bits per heavy atom. The lowest BCUT2D eigenvalue weighted by Crippen LogP contribution is -2.27. The quantitative estimate of drug-likeness (QED) is 0.729. The van der Waals surface area contributed by atoms with Crippen molar-refractivity contribution in [1.29, 1.82) is 0 Å². The molecule has 0 unspecified atom stereocenters. The molecule has 1 heterocycles. The van der Waals surface area contributed by atoms with Gasteiger partial charge in [0.2, 0.25) is 0 Å². The molecular weight excluding hydrogens is 356 g/mol. The number of benzene rings is 2. The van der Waals surface area contributed by atoms with E-state index < -0.39 is 22.8 Å². The lowest BCUT2D eigenvalue weighted by atomic mass is 10.2. The van der Waals surface area contributed by atoms with Gasteiger partial charge in [0.15, 0.2) is 0 Å². The maximum Gasteiger partial charge on any atom is 0.293 e. The van der Waals surface area contributed by atoms with E-state index in [9.17, 15) is 18.4 Å². The van der Waals surface area contributed by atoms with E-state index in [-0.39, 0.29) is 27.6 Å². The Morgan fingerprint density at radius 2 is 1.75 bits per heavy atom. The van der Waals surface area contributed by atoms with E-state index in [2.05, 4.69) is 0 Å². The Kier molecular flexibility index (Phi) is 4.69. The summed E-state index contributed by atoms with van der Waals surface area (Å²) in [6, 6.07) is 10.0. The van der Waals surface area contributed by atoms with Gasteiger partial charge in [-0.05, 0) is 36.0 Å². The van der Waals surface area contributed by atoms with Crippen molar-refractivity contribution in [2.45, 2.75) is 6.54 Å². The highest BCUT2D eigenvalue weighted by Crippen LogP contribution is 2.35. The molecule has 24 heavy (non-hydrogen) atoms. The first-order valence-electron chi connectivity index (χ1n) is 6.90. The molecule has 1 aliphatic rings. The van der Waals surface area contributed by atoms with Crippen LogP contribution >= 0.6 is 23.4 Å². The molecule has 0 atom stereocenters. The van der Waals surface area contributed by atoms with Gasteiger partial charge in [-0.15, -0.1) is 0 Å². The Hall–Kier alpha value is -2.18. The highest BCUT2D eigenvalue weighted by Gasteiger charge is 2.35. The number of thioether (sulfide) groups is 1. The smallest absolute Gasteiger partial charge is 0.268 e. The van der Waals surface area contributed by atoms with Crippen LogP contribution in [0.25, 0.3) is 6.08 Å². The van der Waals surface area contributed by atoms with E-state index in [1.165, 1.54) is 42.5 Å². The van der Waals surface area contributed by atoms with Crippen LogP contribution in [-0.2, 0) is 11.3 Å². The second-order valence-corrected chi connectivity index (χ2v) is 6.39. The summed E-state index contributed by atoms with van der Waals surface area (Å²) in [6.45, 7) is -0.181. The van der Waals surface area contributed by atoms with Gasteiger partial charge in [-0.2, -0.15) is 0 Å². The predicted molar refractivity (Wildman–Crippen MR) is 89.3 cm³/mol. The van der Waals surface area contributed by atoms with Crippen molar-refractivity contribution < 1.29 is 18.4 Å². The van der Waals surface area contributed by atoms with E-state index in [0.717, 1.165) is 4.90 Å². The summed E-state index contributed by atoms with van der Waals surface area (Å²) in [7, 11) is 0. The first-order chi connectivity index (χ1) is 11.5. The topological polar surface area (TPSA) is 37.4 Å². The second kappa shape index (κ2) is 6.75. The zero-order chi connectivity index (χ0) is 17.3. The molecule has 0 saturated carbocycles. The number of carbonyl (C=O) groups is 2.